The van der Waals surface area contributed by atoms with E-state index >= 15 is 0 Å². The predicted octanol–water partition coefficient (Wildman–Crippen LogP) is 4.13. The van der Waals surface area contributed by atoms with Gasteiger partial charge in [-0.25, -0.2) is 0 Å². The molecule has 0 fully saturated rings. The largest absolute Gasteiger partial charge is 0.101 e. The first kappa shape index (κ1) is 9.05. The van der Waals surface area contributed by atoms with Gasteiger partial charge in [-0.3, -0.25) is 0 Å². The summed E-state index contributed by atoms with van der Waals surface area (Å²) >= 11 is 1.84. The topological polar surface area (TPSA) is 0 Å². The van der Waals surface area contributed by atoms with Crippen molar-refractivity contribution in [2.75, 3.05) is 0 Å². The van der Waals surface area contributed by atoms with Gasteiger partial charge in [0.2, 0.25) is 0 Å². The van der Waals surface area contributed by atoms with Gasteiger partial charge in [0.25, 0.3) is 0 Å². The van der Waals surface area contributed by atoms with Gasteiger partial charge in [-0.05, 0) is 17.4 Å². The lowest BCUT2D eigenvalue weighted by Crippen LogP contribution is -2.23. The molecule has 74 valence electrons. The average Bonchev–Trinajstić information content (AvgIpc) is 2.47. The Morgan fingerprint density at radius 1 is 1.07 bits per heavy atom. The Bertz CT molecular complexity index is 458. The van der Waals surface area contributed by atoms with Crippen LogP contribution in [-0.4, -0.2) is 0 Å². The highest BCUT2D eigenvalue weighted by atomic mass is 32.2. The second kappa shape index (κ2) is 3.42. The second-order valence-electron chi connectivity index (χ2n) is 3.92. The Kier molecular flexibility index (Phi) is 2.06. The fraction of sp³-hybridized carbons (Fsp3) is 0.143. The third-order valence-electron chi connectivity index (χ3n) is 3.10. The highest BCUT2D eigenvalue weighted by Gasteiger charge is 2.36. The van der Waals surface area contributed by atoms with Crippen molar-refractivity contribution in [1.29, 1.82) is 0 Å². The molecule has 0 saturated heterocycles. The van der Waals surface area contributed by atoms with Gasteiger partial charge in [0.05, 0.1) is 0 Å². The van der Waals surface area contributed by atoms with Crippen LogP contribution in [0.15, 0.2) is 70.6 Å². The van der Waals surface area contributed by atoms with Crippen molar-refractivity contribution in [1.82, 2.24) is 0 Å². The van der Waals surface area contributed by atoms with E-state index in [4.69, 9.17) is 0 Å². The van der Waals surface area contributed by atoms with Gasteiger partial charge >= 0.3 is 0 Å². The Balaban J connectivity index is 2.19. The first-order chi connectivity index (χ1) is 7.42. The standard InChI is InChI=1S/C14H12S/c1-3-9-14-10-4-2-8-13(14)15-11-5-7-12(14)6-1/h1-9,11H,10H2. The minimum Gasteiger partial charge on any atom is -0.101 e. The third kappa shape index (κ3) is 1.30. The van der Waals surface area contributed by atoms with Crippen LogP contribution in [0.2, 0.25) is 0 Å². The van der Waals surface area contributed by atoms with E-state index in [0.29, 0.717) is 0 Å². The molecule has 1 spiro atoms. The molecular weight excluding hydrogens is 200 g/mol. The summed E-state index contributed by atoms with van der Waals surface area (Å²) in [5, 5.41) is 2.17. The molecule has 0 bridgehead atoms. The predicted molar refractivity (Wildman–Crippen MR) is 67.4 cm³/mol. The van der Waals surface area contributed by atoms with Crippen LogP contribution in [0.3, 0.4) is 0 Å². The molecule has 0 amide bonds. The molecule has 1 atom stereocenters. The molecule has 0 aromatic rings. The summed E-state index contributed by atoms with van der Waals surface area (Å²) in [7, 11) is 0. The van der Waals surface area contributed by atoms with E-state index in [1.54, 1.807) is 0 Å². The Morgan fingerprint density at radius 2 is 2.07 bits per heavy atom. The summed E-state index contributed by atoms with van der Waals surface area (Å²) in [6, 6.07) is 0. The maximum Gasteiger partial charge on any atom is 0.0482 e. The quantitative estimate of drug-likeness (QED) is 0.582. The van der Waals surface area contributed by atoms with Gasteiger partial charge in [-0.1, -0.05) is 54.7 Å². The van der Waals surface area contributed by atoms with Crippen LogP contribution in [0, 0.1) is 5.41 Å². The van der Waals surface area contributed by atoms with Crippen molar-refractivity contribution in [2.24, 2.45) is 5.41 Å². The molecule has 0 aromatic carbocycles. The number of thioether (sulfide) groups is 1. The summed E-state index contributed by atoms with van der Waals surface area (Å²) < 4.78 is 0. The lowest BCUT2D eigenvalue weighted by Gasteiger charge is -2.35. The smallest absolute Gasteiger partial charge is 0.0482 e. The van der Waals surface area contributed by atoms with E-state index in [9.17, 15) is 0 Å². The van der Waals surface area contributed by atoms with E-state index in [0.717, 1.165) is 6.42 Å². The van der Waals surface area contributed by atoms with Crippen LogP contribution >= 0.6 is 11.8 Å². The van der Waals surface area contributed by atoms with Crippen LogP contribution in [0.5, 0.6) is 0 Å². The van der Waals surface area contributed by atoms with Gasteiger partial charge < -0.3 is 0 Å². The van der Waals surface area contributed by atoms with Gasteiger partial charge in [-0.2, -0.15) is 0 Å². The lowest BCUT2D eigenvalue weighted by atomic mass is 9.72. The summed E-state index contributed by atoms with van der Waals surface area (Å²) in [5.74, 6) is 0. The molecule has 0 radical (unpaired) electrons. The number of allylic oxidation sites excluding steroid dienone is 11. The van der Waals surface area contributed by atoms with E-state index in [1.807, 2.05) is 11.8 Å². The van der Waals surface area contributed by atoms with Crippen molar-refractivity contribution < 1.29 is 0 Å². The Labute approximate surface area is 94.5 Å². The van der Waals surface area contributed by atoms with Crippen molar-refractivity contribution in [2.45, 2.75) is 6.42 Å². The van der Waals surface area contributed by atoms with Crippen LogP contribution in [0.25, 0.3) is 0 Å². The van der Waals surface area contributed by atoms with Gasteiger partial charge in [0.15, 0.2) is 0 Å². The fourth-order valence-corrected chi connectivity index (χ4v) is 3.24. The van der Waals surface area contributed by atoms with Crippen LogP contribution in [0.4, 0.5) is 0 Å². The first-order valence-corrected chi connectivity index (χ1v) is 6.07. The maximum absolute atomic E-state index is 2.33. The number of rotatable bonds is 0. The molecule has 0 nitrogen and oxygen atoms in total. The molecule has 1 aliphatic heterocycles. The third-order valence-corrected chi connectivity index (χ3v) is 4.14. The van der Waals surface area contributed by atoms with Gasteiger partial charge in [-0.15, -0.1) is 11.8 Å². The molecule has 1 unspecified atom stereocenters. The molecule has 0 aromatic heterocycles. The van der Waals surface area contributed by atoms with E-state index < -0.39 is 0 Å². The zero-order valence-corrected chi connectivity index (χ0v) is 9.21. The Hall–Kier alpha value is -1.21. The van der Waals surface area contributed by atoms with E-state index in [-0.39, 0.29) is 5.41 Å². The fourth-order valence-electron chi connectivity index (χ4n) is 2.30. The van der Waals surface area contributed by atoms with Crippen LogP contribution < -0.4 is 0 Å². The highest BCUT2D eigenvalue weighted by molar-refractivity contribution is 8.05. The zero-order valence-electron chi connectivity index (χ0n) is 8.39. The minimum absolute atomic E-state index is 0.123. The van der Waals surface area contributed by atoms with Crippen molar-refractivity contribution in [3.63, 3.8) is 0 Å². The van der Waals surface area contributed by atoms with Crippen molar-refractivity contribution >= 4 is 11.8 Å². The monoisotopic (exact) mass is 212 g/mol. The summed E-state index contributed by atoms with van der Waals surface area (Å²) in [4.78, 5) is 1.44. The van der Waals surface area contributed by atoms with Gasteiger partial charge in [0, 0.05) is 10.3 Å². The first-order valence-electron chi connectivity index (χ1n) is 5.19. The highest BCUT2D eigenvalue weighted by Crippen LogP contribution is 2.51. The minimum atomic E-state index is 0.123. The molecular formula is C14H12S. The van der Waals surface area contributed by atoms with Crippen LogP contribution in [0.1, 0.15) is 6.42 Å². The molecule has 0 N–H and O–H groups in total. The summed E-state index contributed by atoms with van der Waals surface area (Å²) in [6.07, 6.45) is 21.0. The summed E-state index contributed by atoms with van der Waals surface area (Å²) in [5.41, 5.74) is 1.53. The van der Waals surface area contributed by atoms with E-state index in [1.165, 1.54) is 10.5 Å². The SMILES string of the molecule is C1=CCC23C=CC=CC2=CC=CSC3=C1. The van der Waals surface area contributed by atoms with E-state index in [2.05, 4.69) is 60.1 Å². The summed E-state index contributed by atoms with van der Waals surface area (Å²) in [6.45, 7) is 0. The number of hydrogen-bond acceptors (Lipinski definition) is 1. The zero-order chi connectivity index (χ0) is 10.1. The average molecular weight is 212 g/mol. The molecule has 1 heterocycles. The molecule has 2 aliphatic carbocycles. The molecule has 15 heavy (non-hydrogen) atoms. The molecule has 3 rings (SSSR count). The van der Waals surface area contributed by atoms with Crippen molar-refractivity contribution in [3.05, 3.63) is 70.6 Å². The van der Waals surface area contributed by atoms with Gasteiger partial charge in [0.1, 0.15) is 0 Å². The lowest BCUT2D eigenvalue weighted by molar-refractivity contribution is 0.591. The van der Waals surface area contributed by atoms with Crippen molar-refractivity contribution in [3.8, 4) is 0 Å². The van der Waals surface area contributed by atoms with Crippen LogP contribution in [-0.2, 0) is 0 Å². The molecule has 3 aliphatic rings. The Morgan fingerprint density at radius 3 is 3.07 bits per heavy atom. The second-order valence-corrected chi connectivity index (χ2v) is 4.87. The molecule has 0 saturated carbocycles. The maximum atomic E-state index is 2.33. The normalized spacial score (nSPS) is 31.5. The molecule has 1 heteroatoms. The number of hydrogen-bond donors (Lipinski definition) is 0.